The van der Waals surface area contributed by atoms with Gasteiger partial charge in [0, 0.05) is 25.7 Å². The maximum absolute atomic E-state index is 13.0. The summed E-state index contributed by atoms with van der Waals surface area (Å²) in [6.07, 6.45) is 39.3. The molecule has 0 fully saturated rings. The minimum Gasteiger partial charge on any atom is -0.462 e. The molecule has 0 aromatic carbocycles. The Balaban J connectivity index is 5.18. The van der Waals surface area contributed by atoms with E-state index in [0.717, 1.165) is 115 Å². The first-order chi connectivity index (χ1) is 40.8. The Kier molecular flexibility index (Phi) is 55.9. The molecule has 0 aliphatic heterocycles. The van der Waals surface area contributed by atoms with Crippen LogP contribution in [0, 0.1) is 17.8 Å². The lowest BCUT2D eigenvalue weighted by atomic mass is 9.99. The molecule has 6 atom stereocenters. The maximum Gasteiger partial charge on any atom is 0.472 e. The standard InChI is InChI=1S/C66H128O17P2/c1-8-10-11-12-23-33-40-47-63(68)76-53-62(83-66(71)50-43-36-29-28-31-38-45-58(5)6)56-81-85(74,75)79-52-60(67)51-78-84(72,73)80-55-61(54-77-64(69)48-41-34-26-22-21-24-30-37-44-57(3)4)82-65(70)49-42-35-27-20-18-16-14-13-15-17-19-25-32-39-46-59(7)9-2/h57-62,67H,8-56H2,1-7H3,(H,72,73)(H,74,75)/t59?,60-,61-,62-/m1/s1. The molecular weight excluding hydrogens is 1130 g/mol. The first-order valence-corrected chi connectivity index (χ1v) is 37.4. The van der Waals surface area contributed by atoms with Crippen LogP contribution in [0.15, 0.2) is 0 Å². The highest BCUT2D eigenvalue weighted by Crippen LogP contribution is 2.45. The van der Waals surface area contributed by atoms with Gasteiger partial charge in [0.25, 0.3) is 0 Å². The van der Waals surface area contributed by atoms with E-state index in [0.29, 0.717) is 31.6 Å². The third-order valence-electron chi connectivity index (χ3n) is 15.5. The fourth-order valence-corrected chi connectivity index (χ4v) is 11.4. The van der Waals surface area contributed by atoms with Crippen LogP contribution >= 0.6 is 15.6 Å². The van der Waals surface area contributed by atoms with E-state index in [1.165, 1.54) is 122 Å². The van der Waals surface area contributed by atoms with Gasteiger partial charge >= 0.3 is 39.5 Å². The van der Waals surface area contributed by atoms with Crippen LogP contribution in [0.5, 0.6) is 0 Å². The summed E-state index contributed by atoms with van der Waals surface area (Å²) < 4.78 is 67.9. The molecule has 3 unspecified atom stereocenters. The number of phosphoric ester groups is 2. The second-order valence-electron chi connectivity index (χ2n) is 25.1. The summed E-state index contributed by atoms with van der Waals surface area (Å²) in [6, 6.07) is 0. The number of hydrogen-bond donors (Lipinski definition) is 3. The van der Waals surface area contributed by atoms with E-state index in [1.54, 1.807) is 0 Å². The summed E-state index contributed by atoms with van der Waals surface area (Å²) in [5.41, 5.74) is 0. The van der Waals surface area contributed by atoms with Crippen molar-refractivity contribution in [2.75, 3.05) is 39.6 Å². The zero-order valence-electron chi connectivity index (χ0n) is 55.1. The fraction of sp³-hybridized carbons (Fsp3) is 0.939. The topological polar surface area (TPSA) is 237 Å². The highest BCUT2D eigenvalue weighted by Gasteiger charge is 2.30. The number of esters is 4. The molecule has 504 valence electrons. The molecule has 0 bridgehead atoms. The summed E-state index contributed by atoms with van der Waals surface area (Å²) in [5.74, 6) is 0.100. The van der Waals surface area contributed by atoms with Gasteiger partial charge in [-0.25, -0.2) is 9.13 Å². The second-order valence-corrected chi connectivity index (χ2v) is 28.0. The van der Waals surface area contributed by atoms with Crippen molar-refractivity contribution in [1.29, 1.82) is 0 Å². The van der Waals surface area contributed by atoms with Crippen LogP contribution in [0.4, 0.5) is 0 Å². The number of hydrogen-bond acceptors (Lipinski definition) is 15. The predicted molar refractivity (Wildman–Crippen MR) is 340 cm³/mol. The Bertz CT molecular complexity index is 1680. The van der Waals surface area contributed by atoms with Gasteiger partial charge in [-0.2, -0.15) is 0 Å². The summed E-state index contributed by atoms with van der Waals surface area (Å²) in [5, 5.41) is 10.5. The molecule has 85 heavy (non-hydrogen) atoms. The lowest BCUT2D eigenvalue weighted by Crippen LogP contribution is -2.30. The SMILES string of the molecule is CCCCCCCCCC(=O)OC[C@H](COP(=O)(O)OC[C@H](O)COP(=O)(O)OC[C@@H](COC(=O)CCCCCCCCCCC(C)C)OC(=O)CCCCCCCCCCCCCCCCC(C)CC)OC(=O)CCCCCCCCC(C)C. The van der Waals surface area contributed by atoms with E-state index in [2.05, 4.69) is 48.5 Å². The average molecular weight is 1260 g/mol. The third-order valence-corrected chi connectivity index (χ3v) is 17.4. The number of aliphatic hydroxyl groups is 1. The third kappa shape index (κ3) is 59.5. The predicted octanol–water partition coefficient (Wildman–Crippen LogP) is 18.3. The van der Waals surface area contributed by atoms with Crippen molar-refractivity contribution in [2.45, 2.75) is 343 Å². The van der Waals surface area contributed by atoms with Crippen LogP contribution in [0.3, 0.4) is 0 Å². The van der Waals surface area contributed by atoms with Crippen molar-refractivity contribution in [3.8, 4) is 0 Å². The van der Waals surface area contributed by atoms with Crippen LogP contribution in [0.2, 0.25) is 0 Å². The van der Waals surface area contributed by atoms with Gasteiger partial charge in [-0.15, -0.1) is 0 Å². The normalized spacial score (nSPS) is 14.6. The molecular formula is C66H128O17P2. The minimum absolute atomic E-state index is 0.101. The van der Waals surface area contributed by atoms with E-state index >= 15 is 0 Å². The number of ether oxygens (including phenoxy) is 4. The van der Waals surface area contributed by atoms with Crippen molar-refractivity contribution in [2.24, 2.45) is 17.8 Å². The highest BCUT2D eigenvalue weighted by atomic mass is 31.2. The first-order valence-electron chi connectivity index (χ1n) is 34.4. The first kappa shape index (κ1) is 83.1. The fourth-order valence-electron chi connectivity index (χ4n) is 9.80. The van der Waals surface area contributed by atoms with Crippen molar-refractivity contribution >= 4 is 39.5 Å². The van der Waals surface area contributed by atoms with Crippen LogP contribution in [-0.2, 0) is 65.4 Å². The molecule has 0 spiro atoms. The van der Waals surface area contributed by atoms with Crippen LogP contribution in [-0.4, -0.2) is 96.7 Å². The number of rotatable bonds is 64. The zero-order chi connectivity index (χ0) is 63.1. The average Bonchev–Trinajstić information content (AvgIpc) is 3.56. The smallest absolute Gasteiger partial charge is 0.462 e. The molecule has 0 saturated carbocycles. The molecule has 0 amide bonds. The van der Waals surface area contributed by atoms with E-state index < -0.39 is 97.5 Å². The number of phosphoric acid groups is 2. The molecule has 0 aliphatic rings. The van der Waals surface area contributed by atoms with Gasteiger partial charge in [0.1, 0.15) is 19.3 Å². The molecule has 17 nitrogen and oxygen atoms in total. The number of carbonyl (C=O) groups excluding carboxylic acids is 4. The van der Waals surface area contributed by atoms with Gasteiger partial charge in [0.15, 0.2) is 12.2 Å². The van der Waals surface area contributed by atoms with Gasteiger partial charge in [-0.05, 0) is 43.4 Å². The Morgan fingerprint density at radius 1 is 0.341 bits per heavy atom. The molecule has 0 radical (unpaired) electrons. The molecule has 0 saturated heterocycles. The molecule has 0 aromatic rings. The van der Waals surface area contributed by atoms with E-state index in [9.17, 15) is 43.2 Å². The van der Waals surface area contributed by atoms with Gasteiger partial charge < -0.3 is 33.8 Å². The molecule has 0 rings (SSSR count). The van der Waals surface area contributed by atoms with E-state index in [-0.39, 0.29) is 25.7 Å². The molecule has 0 heterocycles. The molecule has 3 N–H and O–H groups in total. The molecule has 19 heteroatoms. The summed E-state index contributed by atoms with van der Waals surface area (Å²) in [6.45, 7) is 11.7. The summed E-state index contributed by atoms with van der Waals surface area (Å²) >= 11 is 0. The number of carbonyl (C=O) groups is 4. The van der Waals surface area contributed by atoms with Gasteiger partial charge in [0.05, 0.1) is 26.4 Å². The number of aliphatic hydroxyl groups excluding tert-OH is 1. The largest absolute Gasteiger partial charge is 0.472 e. The Hall–Kier alpha value is -1.94. The maximum atomic E-state index is 13.0. The van der Waals surface area contributed by atoms with Crippen LogP contribution < -0.4 is 0 Å². The summed E-state index contributed by atoms with van der Waals surface area (Å²) in [7, 11) is -9.89. The minimum atomic E-state index is -4.95. The number of unbranched alkanes of at least 4 members (excludes halogenated alkanes) is 31. The monoisotopic (exact) mass is 1250 g/mol. The molecule has 0 aromatic heterocycles. The van der Waals surface area contributed by atoms with Gasteiger partial charge in [-0.3, -0.25) is 37.3 Å². The van der Waals surface area contributed by atoms with E-state index in [1.807, 2.05) is 0 Å². The molecule has 0 aliphatic carbocycles. The summed E-state index contributed by atoms with van der Waals surface area (Å²) in [4.78, 5) is 72.1. The van der Waals surface area contributed by atoms with Gasteiger partial charge in [0.2, 0.25) is 0 Å². The Morgan fingerprint density at radius 3 is 0.894 bits per heavy atom. The lowest BCUT2D eigenvalue weighted by molar-refractivity contribution is -0.161. The van der Waals surface area contributed by atoms with E-state index in [4.69, 9.17) is 37.0 Å². The quantitative estimate of drug-likeness (QED) is 0.0222. The lowest BCUT2D eigenvalue weighted by Gasteiger charge is -2.21. The van der Waals surface area contributed by atoms with Crippen molar-refractivity contribution in [1.82, 2.24) is 0 Å². The second kappa shape index (κ2) is 57.2. The zero-order valence-corrected chi connectivity index (χ0v) is 56.9. The highest BCUT2D eigenvalue weighted by molar-refractivity contribution is 7.47. The van der Waals surface area contributed by atoms with Crippen LogP contribution in [0.1, 0.15) is 325 Å². The van der Waals surface area contributed by atoms with Crippen LogP contribution in [0.25, 0.3) is 0 Å². The Labute approximate surface area is 517 Å². The van der Waals surface area contributed by atoms with Crippen molar-refractivity contribution in [3.05, 3.63) is 0 Å². The van der Waals surface area contributed by atoms with Crippen molar-refractivity contribution in [3.63, 3.8) is 0 Å². The van der Waals surface area contributed by atoms with Crippen molar-refractivity contribution < 1.29 is 80.2 Å². The Morgan fingerprint density at radius 2 is 0.600 bits per heavy atom. The van der Waals surface area contributed by atoms with Gasteiger partial charge in [-0.1, -0.05) is 273 Å².